The molecule has 0 N–H and O–H groups in total. The Morgan fingerprint density at radius 3 is 2.25 bits per heavy atom. The number of anilines is 1. The van der Waals surface area contributed by atoms with Crippen LogP contribution in [0.4, 0.5) is 23.2 Å². The van der Waals surface area contributed by atoms with E-state index in [-0.39, 0.29) is 5.69 Å². The van der Waals surface area contributed by atoms with Crippen LogP contribution in [0, 0.1) is 5.82 Å². The molecule has 0 saturated heterocycles. The summed E-state index contributed by atoms with van der Waals surface area (Å²) in [5.74, 6) is -2.17. The number of nitrogens with zero attached hydrogens (tertiary/aromatic N) is 2. The zero-order chi connectivity index (χ0) is 20.3. The van der Waals surface area contributed by atoms with Gasteiger partial charge < -0.3 is 0 Å². The molecular formula is C21H22F4N2O. The number of pyridine rings is 1. The van der Waals surface area contributed by atoms with Crippen LogP contribution < -0.4 is 4.90 Å². The van der Waals surface area contributed by atoms with Crippen LogP contribution in [0.3, 0.4) is 0 Å². The molecular weight excluding hydrogens is 372 g/mol. The third-order valence-electron chi connectivity index (χ3n) is 5.27. The van der Waals surface area contributed by atoms with Crippen LogP contribution in [0.25, 0.3) is 0 Å². The van der Waals surface area contributed by atoms with E-state index in [0.29, 0.717) is 16.5 Å². The Morgan fingerprint density at radius 2 is 1.71 bits per heavy atom. The van der Waals surface area contributed by atoms with Crippen molar-refractivity contribution in [2.24, 2.45) is 0 Å². The van der Waals surface area contributed by atoms with Gasteiger partial charge in [-0.25, -0.2) is 4.39 Å². The summed E-state index contributed by atoms with van der Waals surface area (Å²) >= 11 is 0. The first kappa shape index (κ1) is 20.3. The minimum atomic E-state index is -5.05. The maximum Gasteiger partial charge on any atom is 0.471 e. The lowest BCUT2D eigenvalue weighted by atomic mass is 9.85. The topological polar surface area (TPSA) is 33.2 Å². The number of benzene rings is 1. The minimum Gasteiger partial charge on any atom is -0.296 e. The predicted molar refractivity (Wildman–Crippen MR) is 98.4 cm³/mol. The Hall–Kier alpha value is -2.44. The van der Waals surface area contributed by atoms with Gasteiger partial charge in [-0.3, -0.25) is 14.7 Å². The van der Waals surface area contributed by atoms with Gasteiger partial charge in [0.25, 0.3) is 0 Å². The van der Waals surface area contributed by atoms with Crippen LogP contribution in [-0.4, -0.2) is 17.1 Å². The molecule has 0 aliphatic heterocycles. The molecule has 1 atom stereocenters. The van der Waals surface area contributed by atoms with Gasteiger partial charge in [0.05, 0.1) is 11.7 Å². The van der Waals surface area contributed by atoms with E-state index in [2.05, 4.69) is 4.98 Å². The summed E-state index contributed by atoms with van der Waals surface area (Å²) in [7, 11) is 0. The molecule has 0 radical (unpaired) electrons. The van der Waals surface area contributed by atoms with E-state index in [9.17, 15) is 22.4 Å². The SMILES string of the molecule is CC(c1ccc(C2CCCCC2)cn1)N(C(=O)C(F)(F)F)c1ccc(F)cc1. The second-order valence-electron chi connectivity index (χ2n) is 7.18. The normalized spacial score (nSPS) is 16.6. The third kappa shape index (κ3) is 4.51. The monoisotopic (exact) mass is 394 g/mol. The summed E-state index contributed by atoms with van der Waals surface area (Å²) < 4.78 is 52.7. The third-order valence-corrected chi connectivity index (χ3v) is 5.27. The molecule has 0 spiro atoms. The van der Waals surface area contributed by atoms with Crippen molar-refractivity contribution in [2.75, 3.05) is 4.90 Å². The highest BCUT2D eigenvalue weighted by Crippen LogP contribution is 2.34. The van der Waals surface area contributed by atoms with Crippen molar-refractivity contribution in [3.8, 4) is 0 Å². The largest absolute Gasteiger partial charge is 0.471 e. The fourth-order valence-electron chi connectivity index (χ4n) is 3.73. The number of hydrogen-bond donors (Lipinski definition) is 0. The number of carbonyl (C=O) groups is 1. The molecule has 1 unspecified atom stereocenters. The minimum absolute atomic E-state index is 0.0330. The molecule has 1 saturated carbocycles. The predicted octanol–water partition coefficient (Wildman–Crippen LogP) is 5.92. The van der Waals surface area contributed by atoms with E-state index in [0.717, 1.165) is 42.7 Å². The Bertz CT molecular complexity index is 797. The molecule has 1 aliphatic rings. The maximum absolute atomic E-state index is 13.2. The lowest BCUT2D eigenvalue weighted by molar-refractivity contribution is -0.171. The van der Waals surface area contributed by atoms with Crippen molar-refractivity contribution >= 4 is 11.6 Å². The molecule has 7 heteroatoms. The van der Waals surface area contributed by atoms with Crippen LogP contribution in [0.1, 0.15) is 62.2 Å². The van der Waals surface area contributed by atoms with E-state index in [4.69, 9.17) is 0 Å². The molecule has 150 valence electrons. The van der Waals surface area contributed by atoms with E-state index < -0.39 is 23.9 Å². The van der Waals surface area contributed by atoms with E-state index >= 15 is 0 Å². The Kier molecular flexibility index (Phi) is 6.01. The van der Waals surface area contributed by atoms with Gasteiger partial charge in [0.15, 0.2) is 0 Å². The van der Waals surface area contributed by atoms with Gasteiger partial charge >= 0.3 is 12.1 Å². The second-order valence-corrected chi connectivity index (χ2v) is 7.18. The van der Waals surface area contributed by atoms with Crippen molar-refractivity contribution in [3.63, 3.8) is 0 Å². The summed E-state index contributed by atoms with van der Waals surface area (Å²) in [6.07, 6.45) is 2.39. The van der Waals surface area contributed by atoms with Gasteiger partial charge in [0.1, 0.15) is 5.82 Å². The average molecular weight is 394 g/mol. The first-order chi connectivity index (χ1) is 13.3. The van der Waals surface area contributed by atoms with Crippen molar-refractivity contribution < 1.29 is 22.4 Å². The van der Waals surface area contributed by atoms with Gasteiger partial charge in [-0.05, 0) is 61.6 Å². The molecule has 1 aliphatic carbocycles. The number of carbonyl (C=O) groups excluding carboxylic acids is 1. The number of aromatic nitrogens is 1. The summed E-state index contributed by atoms with van der Waals surface area (Å²) in [5, 5.41) is 0. The van der Waals surface area contributed by atoms with Gasteiger partial charge in [-0.2, -0.15) is 13.2 Å². The quantitative estimate of drug-likeness (QED) is 0.603. The van der Waals surface area contributed by atoms with Crippen LogP contribution in [0.15, 0.2) is 42.6 Å². The highest BCUT2D eigenvalue weighted by Gasteiger charge is 2.45. The fraction of sp³-hybridized carbons (Fsp3) is 0.429. The average Bonchev–Trinajstić information content (AvgIpc) is 2.69. The highest BCUT2D eigenvalue weighted by molar-refractivity contribution is 5.97. The molecule has 3 rings (SSSR count). The molecule has 1 aromatic heterocycles. The Balaban J connectivity index is 1.89. The van der Waals surface area contributed by atoms with Crippen molar-refractivity contribution in [1.82, 2.24) is 4.98 Å². The molecule has 2 aromatic rings. The van der Waals surface area contributed by atoms with Crippen LogP contribution in [0.2, 0.25) is 0 Å². The van der Waals surface area contributed by atoms with E-state index in [1.165, 1.54) is 26.2 Å². The van der Waals surface area contributed by atoms with E-state index in [1.807, 2.05) is 6.07 Å². The summed E-state index contributed by atoms with van der Waals surface area (Å²) in [5.41, 5.74) is 1.39. The highest BCUT2D eigenvalue weighted by atomic mass is 19.4. The van der Waals surface area contributed by atoms with Crippen molar-refractivity contribution in [3.05, 3.63) is 59.7 Å². The number of rotatable bonds is 4. The molecule has 0 bridgehead atoms. The molecule has 1 fully saturated rings. The zero-order valence-corrected chi connectivity index (χ0v) is 15.5. The number of hydrogen-bond acceptors (Lipinski definition) is 2. The van der Waals surface area contributed by atoms with Gasteiger partial charge in [0.2, 0.25) is 0 Å². The maximum atomic E-state index is 13.2. The molecule has 3 nitrogen and oxygen atoms in total. The first-order valence-corrected chi connectivity index (χ1v) is 9.39. The lowest BCUT2D eigenvalue weighted by Crippen LogP contribution is -2.43. The zero-order valence-electron chi connectivity index (χ0n) is 15.5. The molecule has 1 amide bonds. The molecule has 1 heterocycles. The van der Waals surface area contributed by atoms with E-state index in [1.54, 1.807) is 12.3 Å². The fourth-order valence-corrected chi connectivity index (χ4v) is 3.73. The Labute approximate surface area is 161 Å². The second kappa shape index (κ2) is 8.29. The number of halogens is 4. The van der Waals surface area contributed by atoms with Gasteiger partial charge in [0, 0.05) is 11.9 Å². The smallest absolute Gasteiger partial charge is 0.296 e. The first-order valence-electron chi connectivity index (χ1n) is 9.39. The molecule has 28 heavy (non-hydrogen) atoms. The van der Waals surface area contributed by atoms with Crippen LogP contribution in [-0.2, 0) is 4.79 Å². The van der Waals surface area contributed by atoms with Crippen LogP contribution >= 0.6 is 0 Å². The van der Waals surface area contributed by atoms with Crippen molar-refractivity contribution in [2.45, 2.75) is 57.2 Å². The number of amides is 1. The summed E-state index contributed by atoms with van der Waals surface area (Å²) in [6.45, 7) is 1.48. The number of alkyl halides is 3. The van der Waals surface area contributed by atoms with Gasteiger partial charge in [-0.15, -0.1) is 0 Å². The summed E-state index contributed by atoms with van der Waals surface area (Å²) in [6, 6.07) is 6.97. The van der Waals surface area contributed by atoms with Crippen LogP contribution in [0.5, 0.6) is 0 Å². The standard InChI is InChI=1S/C21H22F4N2O/c1-14(19-12-7-16(13-26-19)15-5-3-2-4-6-15)27(20(28)21(23,24)25)18-10-8-17(22)9-11-18/h7-15H,2-6H2,1H3. The Morgan fingerprint density at radius 1 is 1.07 bits per heavy atom. The lowest BCUT2D eigenvalue weighted by Gasteiger charge is -2.30. The van der Waals surface area contributed by atoms with Crippen molar-refractivity contribution in [1.29, 1.82) is 0 Å². The van der Waals surface area contributed by atoms with Gasteiger partial charge in [-0.1, -0.05) is 25.3 Å². The molecule has 1 aromatic carbocycles. The summed E-state index contributed by atoms with van der Waals surface area (Å²) in [4.78, 5) is 17.0.